The maximum atomic E-state index is 5.45. The van der Waals surface area contributed by atoms with Gasteiger partial charge < -0.3 is 19.2 Å². The Bertz CT molecular complexity index is 286. The molecule has 0 bridgehead atoms. The van der Waals surface area contributed by atoms with Crippen molar-refractivity contribution in [1.29, 1.82) is 0 Å². The lowest BCUT2D eigenvalue weighted by molar-refractivity contribution is 0.0688. The van der Waals surface area contributed by atoms with E-state index in [1.165, 1.54) is 0 Å². The number of ether oxygens (including phenoxy) is 2. The number of hydrogen-bond acceptors (Lipinski definition) is 4. The first-order valence-corrected chi connectivity index (χ1v) is 6.15. The van der Waals surface area contributed by atoms with Gasteiger partial charge in [0, 0.05) is 13.7 Å². The van der Waals surface area contributed by atoms with Crippen molar-refractivity contribution < 1.29 is 13.9 Å². The molecule has 1 heterocycles. The van der Waals surface area contributed by atoms with E-state index in [4.69, 9.17) is 13.9 Å². The summed E-state index contributed by atoms with van der Waals surface area (Å²) in [6.07, 6.45) is 2.20. The minimum absolute atomic E-state index is 0.677. The lowest BCUT2D eigenvalue weighted by Gasteiger charge is -2.04. The Kier molecular flexibility index (Phi) is 7.71. The fourth-order valence-electron chi connectivity index (χ4n) is 1.49. The van der Waals surface area contributed by atoms with E-state index >= 15 is 0 Å². The number of furan rings is 1. The molecule has 0 atom stereocenters. The Hall–Kier alpha value is -0.840. The summed E-state index contributed by atoms with van der Waals surface area (Å²) in [4.78, 5) is 0. The van der Waals surface area contributed by atoms with Crippen LogP contribution in [-0.4, -0.2) is 33.5 Å². The number of hydrogen-bond donors (Lipinski definition) is 1. The summed E-state index contributed by atoms with van der Waals surface area (Å²) in [5.74, 6) is 1.96. The number of methoxy groups -OCH3 is 1. The summed E-state index contributed by atoms with van der Waals surface area (Å²) in [5.41, 5.74) is 0. The summed E-state index contributed by atoms with van der Waals surface area (Å²) in [7, 11) is 1.68. The van der Waals surface area contributed by atoms with Gasteiger partial charge in [-0.3, -0.25) is 0 Å². The van der Waals surface area contributed by atoms with Crippen LogP contribution in [0, 0.1) is 6.92 Å². The summed E-state index contributed by atoms with van der Waals surface area (Å²) in [6, 6.07) is 4.00. The predicted molar refractivity (Wildman–Crippen MR) is 67.1 cm³/mol. The molecule has 1 rings (SSSR count). The third-order valence-electron chi connectivity index (χ3n) is 2.42. The molecule has 0 amide bonds. The Labute approximate surface area is 103 Å². The second kappa shape index (κ2) is 9.22. The van der Waals surface area contributed by atoms with E-state index in [0.29, 0.717) is 13.2 Å². The van der Waals surface area contributed by atoms with Crippen LogP contribution in [0.5, 0.6) is 0 Å². The number of nitrogens with one attached hydrogen (secondary N) is 1. The molecule has 0 radical (unpaired) electrons. The highest BCUT2D eigenvalue weighted by Crippen LogP contribution is 2.05. The summed E-state index contributed by atoms with van der Waals surface area (Å²) in [5, 5.41) is 3.34. The zero-order chi connectivity index (χ0) is 12.3. The van der Waals surface area contributed by atoms with Crippen LogP contribution in [-0.2, 0) is 16.0 Å². The van der Waals surface area contributed by atoms with Crippen LogP contribution in [0.3, 0.4) is 0 Å². The second-order valence-corrected chi connectivity index (χ2v) is 4.00. The summed E-state index contributed by atoms with van der Waals surface area (Å²) < 4.78 is 15.7. The van der Waals surface area contributed by atoms with E-state index in [2.05, 4.69) is 5.32 Å². The van der Waals surface area contributed by atoms with Crippen LogP contribution in [0.4, 0.5) is 0 Å². The van der Waals surface area contributed by atoms with Crippen molar-refractivity contribution in [2.45, 2.75) is 26.3 Å². The van der Waals surface area contributed by atoms with E-state index in [1.807, 2.05) is 19.1 Å². The summed E-state index contributed by atoms with van der Waals surface area (Å²) >= 11 is 0. The standard InChI is InChI=1S/C13H23NO3/c1-12-5-6-13(17-12)11-14-7-3-4-8-16-10-9-15-2/h5-6,14H,3-4,7-11H2,1-2H3. The molecule has 0 fully saturated rings. The number of aryl methyl sites for hydroxylation is 1. The zero-order valence-electron chi connectivity index (χ0n) is 10.8. The van der Waals surface area contributed by atoms with Gasteiger partial charge in [0.1, 0.15) is 11.5 Å². The normalized spacial score (nSPS) is 10.9. The predicted octanol–water partition coefficient (Wildman–Crippen LogP) is 2.12. The molecule has 0 aliphatic rings. The topological polar surface area (TPSA) is 43.6 Å². The Morgan fingerprint density at radius 1 is 1.18 bits per heavy atom. The van der Waals surface area contributed by atoms with Crippen LogP contribution < -0.4 is 5.32 Å². The van der Waals surface area contributed by atoms with E-state index in [0.717, 1.165) is 44.1 Å². The fourth-order valence-corrected chi connectivity index (χ4v) is 1.49. The largest absolute Gasteiger partial charge is 0.465 e. The molecule has 98 valence electrons. The number of unbranched alkanes of at least 4 members (excludes halogenated alkanes) is 1. The molecule has 17 heavy (non-hydrogen) atoms. The average Bonchev–Trinajstić information content (AvgIpc) is 2.73. The molecule has 0 aliphatic heterocycles. The van der Waals surface area contributed by atoms with Crippen LogP contribution in [0.1, 0.15) is 24.4 Å². The van der Waals surface area contributed by atoms with Crippen molar-refractivity contribution in [3.05, 3.63) is 23.7 Å². The van der Waals surface area contributed by atoms with Crippen LogP contribution >= 0.6 is 0 Å². The van der Waals surface area contributed by atoms with Crippen LogP contribution in [0.2, 0.25) is 0 Å². The van der Waals surface area contributed by atoms with Crippen molar-refractivity contribution in [1.82, 2.24) is 5.32 Å². The van der Waals surface area contributed by atoms with Gasteiger partial charge in [-0.05, 0) is 38.4 Å². The van der Waals surface area contributed by atoms with Crippen molar-refractivity contribution in [3.8, 4) is 0 Å². The highest BCUT2D eigenvalue weighted by molar-refractivity contribution is 5.04. The molecular weight excluding hydrogens is 218 g/mol. The molecule has 0 aromatic carbocycles. The lowest BCUT2D eigenvalue weighted by Crippen LogP contribution is -2.15. The molecule has 0 saturated heterocycles. The van der Waals surface area contributed by atoms with E-state index in [1.54, 1.807) is 7.11 Å². The van der Waals surface area contributed by atoms with Gasteiger partial charge in [-0.1, -0.05) is 0 Å². The first kappa shape index (κ1) is 14.2. The molecule has 1 aromatic rings. The highest BCUT2D eigenvalue weighted by atomic mass is 16.5. The van der Waals surface area contributed by atoms with Gasteiger partial charge in [-0.25, -0.2) is 0 Å². The van der Waals surface area contributed by atoms with Gasteiger partial charge in [0.05, 0.1) is 19.8 Å². The van der Waals surface area contributed by atoms with Gasteiger partial charge in [0.2, 0.25) is 0 Å². The quantitative estimate of drug-likeness (QED) is 0.637. The third kappa shape index (κ3) is 7.15. The van der Waals surface area contributed by atoms with E-state index in [9.17, 15) is 0 Å². The lowest BCUT2D eigenvalue weighted by atomic mass is 10.3. The zero-order valence-corrected chi connectivity index (χ0v) is 10.8. The van der Waals surface area contributed by atoms with E-state index < -0.39 is 0 Å². The molecule has 0 spiro atoms. The SMILES string of the molecule is COCCOCCCCNCc1ccc(C)o1. The molecule has 4 nitrogen and oxygen atoms in total. The molecule has 1 aromatic heterocycles. The molecule has 4 heteroatoms. The highest BCUT2D eigenvalue weighted by Gasteiger charge is 1.97. The minimum Gasteiger partial charge on any atom is -0.465 e. The average molecular weight is 241 g/mol. The van der Waals surface area contributed by atoms with Crippen molar-refractivity contribution >= 4 is 0 Å². The molecule has 0 saturated carbocycles. The monoisotopic (exact) mass is 241 g/mol. The van der Waals surface area contributed by atoms with Crippen LogP contribution in [0.15, 0.2) is 16.5 Å². The second-order valence-electron chi connectivity index (χ2n) is 4.00. The third-order valence-corrected chi connectivity index (χ3v) is 2.42. The minimum atomic E-state index is 0.677. The molecule has 0 aliphatic carbocycles. The molecule has 1 N–H and O–H groups in total. The first-order chi connectivity index (χ1) is 8.33. The first-order valence-electron chi connectivity index (χ1n) is 6.15. The van der Waals surface area contributed by atoms with Crippen molar-refractivity contribution in [2.75, 3.05) is 33.5 Å². The van der Waals surface area contributed by atoms with Gasteiger partial charge >= 0.3 is 0 Å². The van der Waals surface area contributed by atoms with Gasteiger partial charge in [0.15, 0.2) is 0 Å². The van der Waals surface area contributed by atoms with Gasteiger partial charge in [-0.15, -0.1) is 0 Å². The van der Waals surface area contributed by atoms with Gasteiger partial charge in [-0.2, -0.15) is 0 Å². The summed E-state index contributed by atoms with van der Waals surface area (Å²) in [6.45, 7) is 5.93. The maximum absolute atomic E-state index is 5.45. The van der Waals surface area contributed by atoms with Crippen molar-refractivity contribution in [3.63, 3.8) is 0 Å². The fraction of sp³-hybridized carbons (Fsp3) is 0.692. The van der Waals surface area contributed by atoms with Crippen LogP contribution in [0.25, 0.3) is 0 Å². The maximum Gasteiger partial charge on any atom is 0.117 e. The molecule has 0 unspecified atom stereocenters. The molecular formula is C13H23NO3. The Morgan fingerprint density at radius 3 is 2.76 bits per heavy atom. The smallest absolute Gasteiger partial charge is 0.117 e. The Balaban J connectivity index is 1.84. The van der Waals surface area contributed by atoms with Gasteiger partial charge in [0.25, 0.3) is 0 Å². The Morgan fingerprint density at radius 2 is 2.06 bits per heavy atom. The van der Waals surface area contributed by atoms with E-state index in [-0.39, 0.29) is 0 Å². The van der Waals surface area contributed by atoms with Crippen molar-refractivity contribution in [2.24, 2.45) is 0 Å². The number of rotatable bonds is 10.